The molecule has 0 saturated carbocycles. The van der Waals surface area contributed by atoms with Crippen molar-refractivity contribution in [3.05, 3.63) is 71.8 Å². The highest BCUT2D eigenvalue weighted by Gasteiger charge is 2.21. The molecule has 27 heavy (non-hydrogen) atoms. The van der Waals surface area contributed by atoms with E-state index in [0.717, 1.165) is 5.56 Å². The van der Waals surface area contributed by atoms with Crippen LogP contribution in [0.15, 0.2) is 60.7 Å². The zero-order valence-electron chi connectivity index (χ0n) is 15.3. The summed E-state index contributed by atoms with van der Waals surface area (Å²) in [6, 6.07) is 18.5. The molecule has 0 aromatic heterocycles. The van der Waals surface area contributed by atoms with E-state index in [9.17, 15) is 19.5 Å². The van der Waals surface area contributed by atoms with E-state index in [2.05, 4.69) is 5.32 Å². The number of nitrogens with zero attached hydrogens (tertiary/aromatic N) is 1. The van der Waals surface area contributed by atoms with Gasteiger partial charge in [-0.2, -0.15) is 0 Å². The van der Waals surface area contributed by atoms with Gasteiger partial charge in [0.15, 0.2) is 0 Å². The number of carboxylic acid groups (broad SMARTS) is 1. The maximum Gasteiger partial charge on any atom is 0.312 e. The topological polar surface area (TPSA) is 86.7 Å². The SMILES string of the molecule is CC(=O)N(CCc1ccccc1)CC(=O)NCC(C(=O)O)c1ccccc1. The number of amides is 2. The van der Waals surface area contributed by atoms with Gasteiger partial charge in [-0.15, -0.1) is 0 Å². The quantitative estimate of drug-likeness (QED) is 0.709. The summed E-state index contributed by atoms with van der Waals surface area (Å²) in [5.41, 5.74) is 1.71. The second kappa shape index (κ2) is 10.1. The van der Waals surface area contributed by atoms with Gasteiger partial charge in [0.2, 0.25) is 11.8 Å². The first-order valence-electron chi connectivity index (χ1n) is 8.81. The average molecular weight is 368 g/mol. The fraction of sp³-hybridized carbons (Fsp3) is 0.286. The zero-order chi connectivity index (χ0) is 19.6. The van der Waals surface area contributed by atoms with Gasteiger partial charge in [0, 0.05) is 20.0 Å². The van der Waals surface area contributed by atoms with Crippen molar-refractivity contribution in [3.63, 3.8) is 0 Å². The molecule has 2 N–H and O–H groups in total. The average Bonchev–Trinajstić information content (AvgIpc) is 2.66. The van der Waals surface area contributed by atoms with Crippen molar-refractivity contribution < 1.29 is 19.5 Å². The molecular weight excluding hydrogens is 344 g/mol. The number of nitrogens with one attached hydrogen (secondary N) is 1. The second-order valence-corrected chi connectivity index (χ2v) is 6.28. The van der Waals surface area contributed by atoms with Crippen molar-refractivity contribution in [1.82, 2.24) is 10.2 Å². The van der Waals surface area contributed by atoms with Crippen LogP contribution in [0.4, 0.5) is 0 Å². The third-order valence-corrected chi connectivity index (χ3v) is 4.30. The van der Waals surface area contributed by atoms with Gasteiger partial charge in [0.05, 0.1) is 12.5 Å². The Bertz CT molecular complexity index is 762. The minimum absolute atomic E-state index is 0.0252. The van der Waals surface area contributed by atoms with E-state index in [1.165, 1.54) is 11.8 Å². The summed E-state index contributed by atoms with van der Waals surface area (Å²) >= 11 is 0. The molecule has 2 amide bonds. The minimum atomic E-state index is -1.01. The van der Waals surface area contributed by atoms with Crippen molar-refractivity contribution in [1.29, 1.82) is 0 Å². The Morgan fingerprint density at radius 3 is 2.15 bits per heavy atom. The summed E-state index contributed by atoms with van der Waals surface area (Å²) in [5, 5.41) is 12.0. The van der Waals surface area contributed by atoms with Crippen molar-refractivity contribution in [2.75, 3.05) is 19.6 Å². The Morgan fingerprint density at radius 1 is 1.00 bits per heavy atom. The lowest BCUT2D eigenvalue weighted by Gasteiger charge is -2.21. The van der Waals surface area contributed by atoms with Crippen molar-refractivity contribution in [2.24, 2.45) is 0 Å². The van der Waals surface area contributed by atoms with Gasteiger partial charge in [-0.3, -0.25) is 14.4 Å². The summed E-state index contributed by atoms with van der Waals surface area (Å²) < 4.78 is 0. The first kappa shape index (κ1) is 20.2. The van der Waals surface area contributed by atoms with Gasteiger partial charge >= 0.3 is 5.97 Å². The molecule has 0 fully saturated rings. The number of hydrogen-bond acceptors (Lipinski definition) is 3. The maximum atomic E-state index is 12.2. The lowest BCUT2D eigenvalue weighted by molar-refractivity contribution is -0.139. The van der Waals surface area contributed by atoms with Crippen LogP contribution in [0.25, 0.3) is 0 Å². The molecule has 0 radical (unpaired) electrons. The number of benzene rings is 2. The Kier molecular flexibility index (Phi) is 7.55. The number of rotatable bonds is 9. The maximum absolute atomic E-state index is 12.2. The van der Waals surface area contributed by atoms with Gasteiger partial charge in [0.1, 0.15) is 0 Å². The van der Waals surface area contributed by atoms with Crippen molar-refractivity contribution in [3.8, 4) is 0 Å². The van der Waals surface area contributed by atoms with E-state index in [1.807, 2.05) is 30.3 Å². The predicted octanol–water partition coefficient (Wildman–Crippen LogP) is 2.06. The number of carbonyl (C=O) groups excluding carboxylic acids is 2. The van der Waals surface area contributed by atoms with E-state index < -0.39 is 11.9 Å². The highest BCUT2D eigenvalue weighted by molar-refractivity contribution is 5.84. The molecule has 2 aromatic carbocycles. The Morgan fingerprint density at radius 2 is 1.59 bits per heavy atom. The number of carbonyl (C=O) groups is 3. The predicted molar refractivity (Wildman–Crippen MR) is 102 cm³/mol. The number of hydrogen-bond donors (Lipinski definition) is 2. The molecule has 142 valence electrons. The third kappa shape index (κ3) is 6.58. The molecule has 0 saturated heterocycles. The molecule has 1 atom stereocenters. The molecule has 0 aliphatic carbocycles. The molecule has 6 nitrogen and oxygen atoms in total. The largest absolute Gasteiger partial charge is 0.481 e. The monoisotopic (exact) mass is 368 g/mol. The smallest absolute Gasteiger partial charge is 0.312 e. The molecule has 0 heterocycles. The Labute approximate surface area is 158 Å². The molecule has 6 heteroatoms. The van der Waals surface area contributed by atoms with Crippen LogP contribution in [0.1, 0.15) is 24.0 Å². The van der Waals surface area contributed by atoms with Crippen molar-refractivity contribution >= 4 is 17.8 Å². The van der Waals surface area contributed by atoms with Crippen LogP contribution in [0, 0.1) is 0 Å². The molecule has 1 unspecified atom stereocenters. The molecule has 0 aliphatic heterocycles. The first-order chi connectivity index (χ1) is 13.0. The summed E-state index contributed by atoms with van der Waals surface area (Å²) in [4.78, 5) is 37.0. The summed E-state index contributed by atoms with van der Waals surface area (Å²) in [6.45, 7) is 1.72. The van der Waals surface area contributed by atoms with Crippen molar-refractivity contribution in [2.45, 2.75) is 19.3 Å². The highest BCUT2D eigenvalue weighted by atomic mass is 16.4. The Balaban J connectivity index is 1.89. The van der Waals surface area contributed by atoms with E-state index >= 15 is 0 Å². The van der Waals surface area contributed by atoms with E-state index in [-0.39, 0.29) is 24.9 Å². The van der Waals surface area contributed by atoms with Crippen LogP contribution < -0.4 is 5.32 Å². The zero-order valence-corrected chi connectivity index (χ0v) is 15.3. The van der Waals surface area contributed by atoms with Crippen LogP contribution in [-0.2, 0) is 20.8 Å². The molecule has 0 aliphatic rings. The molecule has 2 aromatic rings. The third-order valence-electron chi connectivity index (χ3n) is 4.30. The fourth-order valence-electron chi connectivity index (χ4n) is 2.73. The van der Waals surface area contributed by atoms with Crippen LogP contribution in [0.2, 0.25) is 0 Å². The standard InChI is InChI=1S/C21H24N2O4/c1-16(24)23(13-12-17-8-4-2-5-9-17)15-20(25)22-14-19(21(26)27)18-10-6-3-7-11-18/h2-11,19H,12-15H2,1H3,(H,22,25)(H,26,27). The van der Waals surface area contributed by atoms with E-state index in [0.29, 0.717) is 18.5 Å². The number of carboxylic acids is 1. The van der Waals surface area contributed by atoms with Gasteiger partial charge in [-0.25, -0.2) is 0 Å². The minimum Gasteiger partial charge on any atom is -0.481 e. The van der Waals surface area contributed by atoms with Gasteiger partial charge in [-0.05, 0) is 17.5 Å². The normalized spacial score (nSPS) is 11.4. The lowest BCUT2D eigenvalue weighted by Crippen LogP contribution is -2.42. The van der Waals surface area contributed by atoms with Crippen LogP contribution in [0.3, 0.4) is 0 Å². The van der Waals surface area contributed by atoms with Crippen LogP contribution >= 0.6 is 0 Å². The summed E-state index contributed by atoms with van der Waals surface area (Å²) in [6.07, 6.45) is 0.648. The summed E-state index contributed by atoms with van der Waals surface area (Å²) in [7, 11) is 0. The molecule has 2 rings (SSSR count). The van der Waals surface area contributed by atoms with Crippen LogP contribution in [0.5, 0.6) is 0 Å². The lowest BCUT2D eigenvalue weighted by atomic mass is 9.99. The fourth-order valence-corrected chi connectivity index (χ4v) is 2.73. The van der Waals surface area contributed by atoms with Gasteiger partial charge in [0.25, 0.3) is 0 Å². The second-order valence-electron chi connectivity index (χ2n) is 6.28. The highest BCUT2D eigenvalue weighted by Crippen LogP contribution is 2.14. The number of aliphatic carboxylic acids is 1. The molecule has 0 bridgehead atoms. The summed E-state index contributed by atoms with van der Waals surface area (Å²) in [5.74, 6) is -2.40. The Hall–Kier alpha value is -3.15. The first-order valence-corrected chi connectivity index (χ1v) is 8.81. The van der Waals surface area contributed by atoms with E-state index in [1.54, 1.807) is 30.3 Å². The molecule has 0 spiro atoms. The molecular formula is C21H24N2O4. The van der Waals surface area contributed by atoms with E-state index in [4.69, 9.17) is 0 Å². The van der Waals surface area contributed by atoms with Gasteiger partial charge < -0.3 is 15.3 Å². The van der Waals surface area contributed by atoms with Crippen LogP contribution in [-0.4, -0.2) is 47.4 Å². The van der Waals surface area contributed by atoms with Gasteiger partial charge in [-0.1, -0.05) is 60.7 Å².